The summed E-state index contributed by atoms with van der Waals surface area (Å²) in [7, 11) is 3.90. The third-order valence-electron chi connectivity index (χ3n) is 3.00. The first kappa shape index (κ1) is 17.5. The molecule has 21 heavy (non-hydrogen) atoms. The van der Waals surface area contributed by atoms with Gasteiger partial charge in [0.2, 0.25) is 11.8 Å². The second-order valence-electron chi connectivity index (χ2n) is 5.11. The lowest BCUT2D eigenvalue weighted by molar-refractivity contribution is -0.129. The van der Waals surface area contributed by atoms with Crippen molar-refractivity contribution in [3.8, 4) is 0 Å². The fraction of sp³-hybridized carbons (Fsp3) is 0.467. The van der Waals surface area contributed by atoms with Crippen LogP contribution in [0.4, 0.5) is 5.69 Å². The van der Waals surface area contributed by atoms with Crippen LogP contribution in [0.25, 0.3) is 0 Å². The molecule has 0 radical (unpaired) electrons. The van der Waals surface area contributed by atoms with Gasteiger partial charge >= 0.3 is 0 Å². The molecule has 116 valence electrons. The van der Waals surface area contributed by atoms with E-state index in [0.29, 0.717) is 23.8 Å². The maximum Gasteiger partial charge on any atom is 0.226 e. The Kier molecular flexibility index (Phi) is 7.19. The van der Waals surface area contributed by atoms with Crippen molar-refractivity contribution in [3.05, 3.63) is 29.3 Å². The van der Waals surface area contributed by atoms with E-state index in [-0.39, 0.29) is 18.2 Å². The van der Waals surface area contributed by atoms with Crippen LogP contribution in [0.1, 0.15) is 13.3 Å². The van der Waals surface area contributed by atoms with E-state index < -0.39 is 0 Å². The summed E-state index contributed by atoms with van der Waals surface area (Å²) in [6.07, 6.45) is 0.273. The van der Waals surface area contributed by atoms with Gasteiger partial charge in [-0.05, 0) is 38.4 Å². The standard InChI is InChI=1S/C15H22ClN3O2/c1-12(20)19(11-10-18(2)3)9-8-15(21)17-14-6-4-13(16)5-7-14/h4-7H,8-11H2,1-3H3,(H,17,21). The number of carbonyl (C=O) groups is 2. The molecule has 0 bridgehead atoms. The lowest BCUT2D eigenvalue weighted by atomic mass is 10.3. The highest BCUT2D eigenvalue weighted by atomic mass is 35.5. The zero-order valence-corrected chi connectivity index (χ0v) is 13.5. The lowest BCUT2D eigenvalue weighted by Crippen LogP contribution is -2.37. The quantitative estimate of drug-likeness (QED) is 0.839. The van der Waals surface area contributed by atoms with E-state index in [1.165, 1.54) is 6.92 Å². The number of likely N-dealkylation sites (N-methyl/N-ethyl adjacent to an activating group) is 1. The van der Waals surface area contributed by atoms with Gasteiger partial charge in [0, 0.05) is 43.7 Å². The minimum atomic E-state index is -0.117. The largest absolute Gasteiger partial charge is 0.341 e. The predicted octanol–water partition coefficient (Wildman–Crippen LogP) is 2.08. The topological polar surface area (TPSA) is 52.7 Å². The summed E-state index contributed by atoms with van der Waals surface area (Å²) in [5, 5.41) is 3.41. The monoisotopic (exact) mass is 311 g/mol. The molecule has 0 unspecified atom stereocenters. The Labute approximate surface area is 130 Å². The first-order valence-corrected chi connectivity index (χ1v) is 7.22. The number of amides is 2. The Hall–Kier alpha value is -1.59. The molecule has 0 atom stereocenters. The van der Waals surface area contributed by atoms with Crippen LogP contribution in [-0.4, -0.2) is 55.3 Å². The van der Waals surface area contributed by atoms with Gasteiger partial charge in [-0.1, -0.05) is 11.6 Å². The van der Waals surface area contributed by atoms with Gasteiger partial charge in [-0.3, -0.25) is 9.59 Å². The molecule has 0 aliphatic heterocycles. The van der Waals surface area contributed by atoms with Crippen molar-refractivity contribution in [1.29, 1.82) is 0 Å². The normalized spacial score (nSPS) is 10.5. The first-order chi connectivity index (χ1) is 9.88. The van der Waals surface area contributed by atoms with Gasteiger partial charge < -0.3 is 15.1 Å². The van der Waals surface area contributed by atoms with E-state index in [4.69, 9.17) is 11.6 Å². The Morgan fingerprint density at radius 2 is 1.71 bits per heavy atom. The number of nitrogens with zero attached hydrogens (tertiary/aromatic N) is 2. The average Bonchev–Trinajstić information content (AvgIpc) is 2.40. The summed E-state index contributed by atoms with van der Waals surface area (Å²) < 4.78 is 0. The average molecular weight is 312 g/mol. The van der Waals surface area contributed by atoms with Crippen molar-refractivity contribution in [2.45, 2.75) is 13.3 Å². The number of anilines is 1. The summed E-state index contributed by atoms with van der Waals surface area (Å²) in [6, 6.07) is 6.93. The SMILES string of the molecule is CC(=O)N(CCC(=O)Nc1ccc(Cl)cc1)CCN(C)C. The molecule has 1 N–H and O–H groups in total. The third kappa shape index (κ3) is 7.11. The molecule has 0 aliphatic rings. The molecule has 0 saturated carbocycles. The molecule has 0 aliphatic carbocycles. The molecule has 0 fully saturated rings. The van der Waals surface area contributed by atoms with Gasteiger partial charge in [0.25, 0.3) is 0 Å². The molecule has 5 nitrogen and oxygen atoms in total. The fourth-order valence-electron chi connectivity index (χ4n) is 1.74. The first-order valence-electron chi connectivity index (χ1n) is 6.84. The number of rotatable bonds is 7. The molecule has 0 spiro atoms. The maximum atomic E-state index is 11.9. The third-order valence-corrected chi connectivity index (χ3v) is 3.25. The van der Waals surface area contributed by atoms with Crippen LogP contribution in [-0.2, 0) is 9.59 Å². The highest BCUT2D eigenvalue weighted by molar-refractivity contribution is 6.30. The lowest BCUT2D eigenvalue weighted by Gasteiger charge is -2.22. The Bertz CT molecular complexity index is 474. The summed E-state index contributed by atoms with van der Waals surface area (Å²) in [6.45, 7) is 3.34. The van der Waals surface area contributed by atoms with E-state index >= 15 is 0 Å². The van der Waals surface area contributed by atoms with Gasteiger partial charge in [-0.25, -0.2) is 0 Å². The number of hydrogen-bond donors (Lipinski definition) is 1. The Balaban J connectivity index is 2.42. The van der Waals surface area contributed by atoms with Crippen LogP contribution in [0.15, 0.2) is 24.3 Å². The van der Waals surface area contributed by atoms with Crippen LogP contribution in [0.5, 0.6) is 0 Å². The summed E-state index contributed by atoms with van der Waals surface area (Å²) in [5.74, 6) is -0.135. The van der Waals surface area contributed by atoms with Crippen molar-refractivity contribution in [3.63, 3.8) is 0 Å². The van der Waals surface area contributed by atoms with E-state index in [2.05, 4.69) is 5.32 Å². The van der Waals surface area contributed by atoms with Crippen molar-refractivity contribution in [1.82, 2.24) is 9.80 Å². The predicted molar refractivity (Wildman–Crippen MR) is 85.5 cm³/mol. The highest BCUT2D eigenvalue weighted by Gasteiger charge is 2.11. The number of hydrogen-bond acceptors (Lipinski definition) is 3. The summed E-state index contributed by atoms with van der Waals surface area (Å²) in [4.78, 5) is 27.1. The van der Waals surface area contributed by atoms with Crippen molar-refractivity contribution in [2.75, 3.05) is 39.0 Å². The Morgan fingerprint density at radius 3 is 2.24 bits per heavy atom. The zero-order chi connectivity index (χ0) is 15.8. The van der Waals surface area contributed by atoms with Gasteiger partial charge in [-0.15, -0.1) is 0 Å². The molecular formula is C15H22ClN3O2. The molecule has 1 rings (SSSR count). The molecule has 0 saturated heterocycles. The second kappa shape index (κ2) is 8.64. The minimum Gasteiger partial charge on any atom is -0.341 e. The van der Waals surface area contributed by atoms with Crippen molar-refractivity contribution >= 4 is 29.1 Å². The van der Waals surface area contributed by atoms with Gasteiger partial charge in [-0.2, -0.15) is 0 Å². The molecule has 6 heteroatoms. The number of carbonyl (C=O) groups excluding carboxylic acids is 2. The number of halogens is 1. The van der Waals surface area contributed by atoms with Crippen LogP contribution in [0.2, 0.25) is 5.02 Å². The molecular weight excluding hydrogens is 290 g/mol. The molecule has 0 heterocycles. The van der Waals surface area contributed by atoms with Crippen LogP contribution < -0.4 is 5.32 Å². The Morgan fingerprint density at radius 1 is 1.10 bits per heavy atom. The van der Waals surface area contributed by atoms with E-state index in [0.717, 1.165) is 6.54 Å². The maximum absolute atomic E-state index is 11.9. The van der Waals surface area contributed by atoms with Crippen LogP contribution in [0.3, 0.4) is 0 Å². The van der Waals surface area contributed by atoms with Crippen LogP contribution >= 0.6 is 11.6 Å². The smallest absolute Gasteiger partial charge is 0.226 e. The van der Waals surface area contributed by atoms with Crippen molar-refractivity contribution < 1.29 is 9.59 Å². The molecule has 2 amide bonds. The van der Waals surface area contributed by atoms with E-state index in [1.807, 2.05) is 19.0 Å². The van der Waals surface area contributed by atoms with E-state index in [1.54, 1.807) is 29.2 Å². The van der Waals surface area contributed by atoms with E-state index in [9.17, 15) is 9.59 Å². The second-order valence-corrected chi connectivity index (χ2v) is 5.55. The van der Waals surface area contributed by atoms with Gasteiger partial charge in [0.1, 0.15) is 0 Å². The number of benzene rings is 1. The summed E-state index contributed by atoms with van der Waals surface area (Å²) in [5.41, 5.74) is 0.701. The molecule has 0 aromatic heterocycles. The molecule has 1 aromatic rings. The number of nitrogens with one attached hydrogen (secondary N) is 1. The van der Waals surface area contributed by atoms with Gasteiger partial charge in [0.15, 0.2) is 0 Å². The molecule has 1 aromatic carbocycles. The van der Waals surface area contributed by atoms with Gasteiger partial charge in [0.05, 0.1) is 0 Å². The fourth-order valence-corrected chi connectivity index (χ4v) is 1.87. The summed E-state index contributed by atoms with van der Waals surface area (Å²) >= 11 is 5.79. The highest BCUT2D eigenvalue weighted by Crippen LogP contribution is 2.13. The zero-order valence-electron chi connectivity index (χ0n) is 12.7. The van der Waals surface area contributed by atoms with Crippen molar-refractivity contribution in [2.24, 2.45) is 0 Å². The minimum absolute atomic E-state index is 0.0175. The van der Waals surface area contributed by atoms with Crippen LogP contribution in [0, 0.1) is 0 Å².